The van der Waals surface area contributed by atoms with Crippen LogP contribution in [-0.4, -0.2) is 64.7 Å². The molecule has 0 saturated carbocycles. The summed E-state index contributed by atoms with van der Waals surface area (Å²) in [6.07, 6.45) is -2.15. The van der Waals surface area contributed by atoms with Crippen molar-refractivity contribution in [2.45, 2.75) is 32.2 Å². The number of rotatable bonds is 5. The number of fused-ring (bicyclic) bond motifs is 1. The first-order valence-corrected chi connectivity index (χ1v) is 10.7. The molecule has 0 aromatic carbocycles. The summed E-state index contributed by atoms with van der Waals surface area (Å²) in [4.78, 5) is 15.7. The molecule has 1 unspecified atom stereocenters. The number of aromatic nitrogens is 3. The number of alkyl halides is 3. The zero-order chi connectivity index (χ0) is 22.5. The van der Waals surface area contributed by atoms with E-state index in [1.807, 2.05) is 35.9 Å². The van der Waals surface area contributed by atoms with Gasteiger partial charge in [-0.3, -0.25) is 14.6 Å². The molecule has 2 N–H and O–H groups in total. The Labute approximate surface area is 171 Å². The van der Waals surface area contributed by atoms with Crippen molar-refractivity contribution in [1.29, 1.82) is 0 Å². The Kier molecular flexibility index (Phi) is 7.55. The van der Waals surface area contributed by atoms with Crippen LogP contribution in [0.25, 0.3) is 0 Å². The van der Waals surface area contributed by atoms with Crippen LogP contribution < -0.4 is 4.72 Å². The topological polar surface area (TPSA) is 117 Å². The molecule has 9 nitrogen and oxygen atoms in total. The number of carboxylic acid groups (broad SMARTS) is 1. The maximum atomic E-state index is 11.4. The van der Waals surface area contributed by atoms with Crippen LogP contribution in [0.5, 0.6) is 0 Å². The predicted octanol–water partition coefficient (Wildman–Crippen LogP) is 1.33. The number of nitrogens with one attached hydrogen (secondary N) is 1. The lowest BCUT2D eigenvalue weighted by atomic mass is 10.2. The van der Waals surface area contributed by atoms with E-state index in [0.29, 0.717) is 6.54 Å². The highest BCUT2D eigenvalue weighted by Crippen LogP contribution is 2.21. The lowest BCUT2D eigenvalue weighted by Crippen LogP contribution is -2.42. The van der Waals surface area contributed by atoms with Crippen LogP contribution >= 0.6 is 0 Å². The van der Waals surface area contributed by atoms with Gasteiger partial charge in [0.2, 0.25) is 10.0 Å². The highest BCUT2D eigenvalue weighted by molar-refractivity contribution is 7.88. The van der Waals surface area contributed by atoms with Crippen molar-refractivity contribution in [3.63, 3.8) is 0 Å². The van der Waals surface area contributed by atoms with Crippen LogP contribution in [0.15, 0.2) is 30.5 Å². The van der Waals surface area contributed by atoms with Crippen molar-refractivity contribution in [3.05, 3.63) is 47.5 Å². The largest absolute Gasteiger partial charge is 0.490 e. The molecule has 0 spiro atoms. The van der Waals surface area contributed by atoms with Crippen molar-refractivity contribution in [1.82, 2.24) is 24.4 Å². The van der Waals surface area contributed by atoms with Crippen molar-refractivity contribution in [3.8, 4) is 0 Å². The quantitative estimate of drug-likeness (QED) is 0.707. The average molecular weight is 449 g/mol. The smallest absolute Gasteiger partial charge is 0.475 e. The molecule has 0 fully saturated rings. The number of aryl methyl sites for hydroxylation is 1. The van der Waals surface area contributed by atoms with Crippen molar-refractivity contribution in [2.75, 3.05) is 19.3 Å². The molecule has 3 rings (SSSR count). The van der Waals surface area contributed by atoms with E-state index in [2.05, 4.69) is 19.7 Å². The maximum absolute atomic E-state index is 11.4. The zero-order valence-electron chi connectivity index (χ0n) is 16.3. The Morgan fingerprint density at radius 2 is 2.00 bits per heavy atom. The summed E-state index contributed by atoms with van der Waals surface area (Å²) in [5.74, 6) is -2.76. The highest BCUT2D eigenvalue weighted by atomic mass is 32.2. The lowest BCUT2D eigenvalue weighted by molar-refractivity contribution is -0.192. The molecule has 13 heteroatoms. The van der Waals surface area contributed by atoms with Gasteiger partial charge in [-0.25, -0.2) is 17.9 Å². The van der Waals surface area contributed by atoms with Gasteiger partial charge in [0.15, 0.2) is 0 Å². The standard InChI is InChI=1S/C15H21N5O2S.C2HF3O2/c1-12-4-3-5-13(18-12)9-19-10-14-6-7-16-20(14)15(11-19)8-17-23(2,21)22;3-2(4,5)1(6)7/h3-7,15,17H,8-11H2,1-2H3;(H,6,7). The molecule has 0 amide bonds. The summed E-state index contributed by atoms with van der Waals surface area (Å²) in [6.45, 7) is 4.57. The normalized spacial score (nSPS) is 17.0. The molecular weight excluding hydrogens is 427 g/mol. The monoisotopic (exact) mass is 449 g/mol. The predicted molar refractivity (Wildman–Crippen MR) is 101 cm³/mol. The van der Waals surface area contributed by atoms with E-state index < -0.39 is 22.2 Å². The Morgan fingerprint density at radius 1 is 1.33 bits per heavy atom. The fourth-order valence-electron chi connectivity index (χ4n) is 2.90. The Hall–Kier alpha value is -2.51. The molecule has 2 aromatic rings. The minimum atomic E-state index is -5.08. The second-order valence-corrected chi connectivity index (χ2v) is 8.62. The van der Waals surface area contributed by atoms with Crippen molar-refractivity contribution < 1.29 is 31.5 Å². The van der Waals surface area contributed by atoms with Gasteiger partial charge in [-0.2, -0.15) is 18.3 Å². The highest BCUT2D eigenvalue weighted by Gasteiger charge is 2.38. The number of hydrogen-bond donors (Lipinski definition) is 2. The van der Waals surface area contributed by atoms with E-state index >= 15 is 0 Å². The van der Waals surface area contributed by atoms with Crippen LogP contribution in [0.4, 0.5) is 13.2 Å². The third-order valence-corrected chi connectivity index (χ3v) is 4.80. The number of sulfonamides is 1. The zero-order valence-corrected chi connectivity index (χ0v) is 17.1. The summed E-state index contributed by atoms with van der Waals surface area (Å²) in [6, 6.07) is 7.96. The molecule has 0 radical (unpaired) electrons. The Morgan fingerprint density at radius 3 is 2.57 bits per heavy atom. The fourth-order valence-corrected chi connectivity index (χ4v) is 3.40. The number of aliphatic carboxylic acids is 1. The molecule has 0 aliphatic carbocycles. The van der Waals surface area contributed by atoms with Crippen molar-refractivity contribution >= 4 is 16.0 Å². The van der Waals surface area contributed by atoms with Crippen LogP contribution in [0, 0.1) is 6.92 Å². The average Bonchev–Trinajstić information content (AvgIpc) is 3.07. The number of nitrogens with zero attached hydrogens (tertiary/aromatic N) is 4. The van der Waals surface area contributed by atoms with Gasteiger partial charge in [0.1, 0.15) is 0 Å². The third kappa shape index (κ3) is 7.39. The van der Waals surface area contributed by atoms with E-state index in [4.69, 9.17) is 9.90 Å². The van der Waals surface area contributed by atoms with E-state index in [-0.39, 0.29) is 6.04 Å². The fraction of sp³-hybridized carbons (Fsp3) is 0.471. The molecule has 2 aromatic heterocycles. The van der Waals surface area contributed by atoms with Gasteiger partial charge in [0, 0.05) is 38.1 Å². The van der Waals surface area contributed by atoms with Gasteiger partial charge in [-0.15, -0.1) is 0 Å². The third-order valence-electron chi connectivity index (χ3n) is 4.11. The molecule has 3 heterocycles. The number of carbonyl (C=O) groups is 1. The number of halogens is 3. The van der Waals surface area contributed by atoms with Gasteiger partial charge in [-0.1, -0.05) is 6.07 Å². The van der Waals surface area contributed by atoms with Crippen LogP contribution in [0.1, 0.15) is 23.1 Å². The molecule has 30 heavy (non-hydrogen) atoms. The first-order valence-electron chi connectivity index (χ1n) is 8.77. The van der Waals surface area contributed by atoms with Crippen LogP contribution in [0.3, 0.4) is 0 Å². The first kappa shape index (κ1) is 23.8. The summed E-state index contributed by atoms with van der Waals surface area (Å²) in [5.41, 5.74) is 3.11. The van der Waals surface area contributed by atoms with Gasteiger partial charge < -0.3 is 5.11 Å². The number of hydrogen-bond acceptors (Lipinski definition) is 6. The summed E-state index contributed by atoms with van der Waals surface area (Å²) >= 11 is 0. The minimum absolute atomic E-state index is 0.0201. The Bertz CT molecular complexity index is 978. The van der Waals surface area contributed by atoms with Crippen LogP contribution in [0.2, 0.25) is 0 Å². The molecule has 166 valence electrons. The van der Waals surface area contributed by atoms with Crippen molar-refractivity contribution in [2.24, 2.45) is 0 Å². The molecule has 1 aliphatic rings. The minimum Gasteiger partial charge on any atom is -0.475 e. The molecule has 0 saturated heterocycles. The summed E-state index contributed by atoms with van der Waals surface area (Å²) in [5, 5.41) is 11.5. The van der Waals surface area contributed by atoms with E-state index in [1.54, 1.807) is 6.20 Å². The summed E-state index contributed by atoms with van der Waals surface area (Å²) < 4.78 is 59.0. The molecular formula is C17H22F3N5O4S. The Balaban J connectivity index is 0.000000396. The second kappa shape index (κ2) is 9.53. The van der Waals surface area contributed by atoms with E-state index in [1.165, 1.54) is 6.26 Å². The van der Waals surface area contributed by atoms with E-state index in [9.17, 15) is 21.6 Å². The van der Waals surface area contributed by atoms with Crippen LogP contribution in [-0.2, 0) is 27.9 Å². The van der Waals surface area contributed by atoms with Gasteiger partial charge in [-0.05, 0) is 25.1 Å². The van der Waals surface area contributed by atoms with Gasteiger partial charge in [0.05, 0.1) is 23.7 Å². The molecule has 0 bridgehead atoms. The maximum Gasteiger partial charge on any atom is 0.490 e. The second-order valence-electron chi connectivity index (χ2n) is 6.78. The summed E-state index contributed by atoms with van der Waals surface area (Å²) in [7, 11) is -3.21. The lowest BCUT2D eigenvalue weighted by Gasteiger charge is -2.33. The van der Waals surface area contributed by atoms with Gasteiger partial charge in [0.25, 0.3) is 0 Å². The van der Waals surface area contributed by atoms with Gasteiger partial charge >= 0.3 is 12.1 Å². The van der Waals surface area contributed by atoms with E-state index in [0.717, 1.165) is 36.7 Å². The first-order chi connectivity index (χ1) is 13.8. The number of pyridine rings is 1. The molecule has 1 aliphatic heterocycles. The molecule has 1 atom stereocenters. The SMILES string of the molecule is Cc1cccc(CN2Cc3ccnn3C(CNS(C)(=O)=O)C2)n1.O=C(O)C(F)(F)F. The number of carboxylic acids is 1.